The molecule has 5 nitrogen and oxygen atoms in total. The number of anilines is 1. The first-order valence-electron chi connectivity index (χ1n) is 4.37. The second kappa shape index (κ2) is 6.76. The predicted molar refractivity (Wildman–Crippen MR) is 49.7 cm³/mol. The maximum atomic E-state index is 10.3. The molecule has 1 heterocycles. The summed E-state index contributed by atoms with van der Waals surface area (Å²) in [5.41, 5.74) is -0.153. The number of carbonyl (C=O) groups excluding carboxylic acids is 1. The van der Waals surface area contributed by atoms with Gasteiger partial charge in [-0.2, -0.15) is 0 Å². The molecule has 0 saturated carbocycles. The van der Waals surface area contributed by atoms with E-state index >= 15 is 0 Å². The Labute approximate surface area is 111 Å². The number of aromatic nitrogens is 2. The molecule has 15 heavy (non-hydrogen) atoms. The van der Waals surface area contributed by atoms with Crippen LogP contribution in [0.1, 0.15) is 24.3 Å². The van der Waals surface area contributed by atoms with E-state index in [0.717, 1.165) is 6.54 Å². The Morgan fingerprint density at radius 2 is 2.13 bits per heavy atom. The van der Waals surface area contributed by atoms with E-state index in [1.165, 1.54) is 12.4 Å². The van der Waals surface area contributed by atoms with Crippen LogP contribution in [0.2, 0.25) is 0 Å². The molecule has 0 atom stereocenters. The van der Waals surface area contributed by atoms with Crippen molar-refractivity contribution in [2.45, 2.75) is 13.8 Å². The molecular formula is C9H12N3NaO2. The zero-order valence-corrected chi connectivity index (χ0v) is 11.2. The van der Waals surface area contributed by atoms with Gasteiger partial charge in [0.25, 0.3) is 0 Å². The number of rotatable bonds is 4. The Bertz CT molecular complexity index is 314. The van der Waals surface area contributed by atoms with Crippen LogP contribution in [0.15, 0.2) is 12.4 Å². The van der Waals surface area contributed by atoms with Crippen molar-refractivity contribution in [3.05, 3.63) is 18.1 Å². The molecule has 0 radical (unpaired) electrons. The minimum absolute atomic E-state index is 0. The van der Waals surface area contributed by atoms with Crippen molar-refractivity contribution < 1.29 is 39.5 Å². The quantitative estimate of drug-likeness (QED) is 0.541. The Hall–Kier alpha value is -0.650. The molecule has 0 bridgehead atoms. The van der Waals surface area contributed by atoms with E-state index in [9.17, 15) is 9.90 Å². The third-order valence-electron chi connectivity index (χ3n) is 1.55. The average molecular weight is 217 g/mol. The summed E-state index contributed by atoms with van der Waals surface area (Å²) in [6.07, 6.45) is 2.56. The summed E-state index contributed by atoms with van der Waals surface area (Å²) in [6.45, 7) is 4.91. The summed E-state index contributed by atoms with van der Waals surface area (Å²) in [7, 11) is 0. The van der Waals surface area contributed by atoms with Gasteiger partial charge in [-0.05, 0) is 5.92 Å². The Morgan fingerprint density at radius 1 is 1.47 bits per heavy atom. The number of nitrogens with one attached hydrogen (secondary N) is 1. The summed E-state index contributed by atoms with van der Waals surface area (Å²) in [5, 5.41) is 13.4. The molecule has 0 unspecified atom stereocenters. The number of carboxylic acid groups (broad SMARTS) is 1. The number of hydrogen-bond donors (Lipinski definition) is 1. The monoisotopic (exact) mass is 217 g/mol. The summed E-state index contributed by atoms with van der Waals surface area (Å²) in [5.74, 6) is -0.241. The summed E-state index contributed by atoms with van der Waals surface area (Å²) >= 11 is 0. The molecule has 0 amide bonds. The van der Waals surface area contributed by atoms with E-state index in [4.69, 9.17) is 0 Å². The predicted octanol–water partition coefficient (Wildman–Crippen LogP) is -3.09. The van der Waals surface area contributed by atoms with Crippen LogP contribution in [0, 0.1) is 5.92 Å². The number of carboxylic acids is 1. The molecule has 76 valence electrons. The van der Waals surface area contributed by atoms with E-state index in [0.29, 0.717) is 11.7 Å². The van der Waals surface area contributed by atoms with Crippen molar-refractivity contribution >= 4 is 11.8 Å². The van der Waals surface area contributed by atoms with Crippen LogP contribution in [0.4, 0.5) is 5.82 Å². The molecule has 0 spiro atoms. The minimum Gasteiger partial charge on any atom is -0.543 e. The van der Waals surface area contributed by atoms with E-state index in [1.54, 1.807) is 0 Å². The smallest absolute Gasteiger partial charge is 0.543 e. The molecule has 6 heteroatoms. The van der Waals surface area contributed by atoms with Crippen LogP contribution in [-0.2, 0) is 0 Å². The first-order chi connectivity index (χ1) is 6.59. The van der Waals surface area contributed by atoms with Gasteiger partial charge in [0.15, 0.2) is 0 Å². The standard InChI is InChI=1S/C9H13N3O2.Na/c1-6(2)3-11-8-5-10-7(4-12-8)9(13)14;/h4-6H,3H2,1-2H3,(H,11,12)(H,13,14);/q;+1/p-1. The topological polar surface area (TPSA) is 77.9 Å². The number of carbonyl (C=O) groups is 1. The van der Waals surface area contributed by atoms with Gasteiger partial charge in [-0.25, -0.2) is 9.97 Å². The second-order valence-corrected chi connectivity index (χ2v) is 3.35. The van der Waals surface area contributed by atoms with Crippen molar-refractivity contribution in [1.82, 2.24) is 9.97 Å². The molecule has 1 N–H and O–H groups in total. The largest absolute Gasteiger partial charge is 1.00 e. The Kier molecular flexibility index (Phi) is 6.47. The maximum absolute atomic E-state index is 10.3. The third-order valence-corrected chi connectivity index (χ3v) is 1.55. The van der Waals surface area contributed by atoms with Gasteiger partial charge in [-0.3, -0.25) is 0 Å². The minimum atomic E-state index is -1.31. The van der Waals surface area contributed by atoms with Gasteiger partial charge < -0.3 is 15.2 Å². The first kappa shape index (κ1) is 14.3. The number of aromatic carboxylic acids is 1. The van der Waals surface area contributed by atoms with Crippen LogP contribution >= 0.6 is 0 Å². The first-order valence-corrected chi connectivity index (χ1v) is 4.37. The molecule has 0 aliphatic carbocycles. The summed E-state index contributed by atoms with van der Waals surface area (Å²) in [4.78, 5) is 17.9. The van der Waals surface area contributed by atoms with E-state index in [1.807, 2.05) is 0 Å². The van der Waals surface area contributed by atoms with Crippen molar-refractivity contribution in [3.63, 3.8) is 0 Å². The van der Waals surface area contributed by atoms with Crippen molar-refractivity contribution in [3.8, 4) is 0 Å². The molecule has 1 rings (SSSR count). The van der Waals surface area contributed by atoms with Crippen LogP contribution < -0.4 is 40.0 Å². The second-order valence-electron chi connectivity index (χ2n) is 3.35. The Morgan fingerprint density at radius 3 is 2.53 bits per heavy atom. The van der Waals surface area contributed by atoms with Crippen molar-refractivity contribution in [2.75, 3.05) is 11.9 Å². The zero-order valence-electron chi connectivity index (χ0n) is 9.15. The van der Waals surface area contributed by atoms with Gasteiger partial charge in [0.1, 0.15) is 11.5 Å². The fourth-order valence-corrected chi connectivity index (χ4v) is 0.833. The van der Waals surface area contributed by atoms with Gasteiger partial charge in [-0.15, -0.1) is 0 Å². The fraction of sp³-hybridized carbons (Fsp3) is 0.444. The fourth-order valence-electron chi connectivity index (χ4n) is 0.833. The van der Waals surface area contributed by atoms with Gasteiger partial charge in [0, 0.05) is 6.54 Å². The third kappa shape index (κ3) is 5.11. The van der Waals surface area contributed by atoms with Gasteiger partial charge in [0.05, 0.1) is 18.4 Å². The molecule has 1 aromatic heterocycles. The van der Waals surface area contributed by atoms with Gasteiger partial charge in [-0.1, -0.05) is 13.8 Å². The van der Waals surface area contributed by atoms with Crippen LogP contribution in [0.5, 0.6) is 0 Å². The van der Waals surface area contributed by atoms with Gasteiger partial charge in [0.2, 0.25) is 0 Å². The summed E-state index contributed by atoms with van der Waals surface area (Å²) < 4.78 is 0. The van der Waals surface area contributed by atoms with Crippen LogP contribution in [0.25, 0.3) is 0 Å². The SMILES string of the molecule is CC(C)CNc1cnc(C(=O)[O-])cn1.[Na+]. The molecule has 0 aliphatic rings. The van der Waals surface area contributed by atoms with Crippen LogP contribution in [-0.4, -0.2) is 22.5 Å². The summed E-state index contributed by atoms with van der Waals surface area (Å²) in [6, 6.07) is 0. The van der Waals surface area contributed by atoms with Gasteiger partial charge >= 0.3 is 29.6 Å². The average Bonchev–Trinajstić information content (AvgIpc) is 2.15. The molecule has 0 aliphatic heterocycles. The molecule has 0 aromatic carbocycles. The van der Waals surface area contributed by atoms with Crippen LogP contribution in [0.3, 0.4) is 0 Å². The molecule has 1 aromatic rings. The zero-order chi connectivity index (χ0) is 10.6. The number of nitrogens with zero attached hydrogens (tertiary/aromatic N) is 2. The van der Waals surface area contributed by atoms with E-state index < -0.39 is 5.97 Å². The van der Waals surface area contributed by atoms with E-state index in [2.05, 4.69) is 29.1 Å². The molecule has 0 fully saturated rings. The van der Waals surface area contributed by atoms with Crippen molar-refractivity contribution in [2.24, 2.45) is 5.92 Å². The van der Waals surface area contributed by atoms with Crippen molar-refractivity contribution in [1.29, 1.82) is 0 Å². The molecular weight excluding hydrogens is 205 g/mol. The normalized spacial score (nSPS) is 9.53. The molecule has 0 saturated heterocycles. The van der Waals surface area contributed by atoms with E-state index in [-0.39, 0.29) is 35.3 Å². The maximum Gasteiger partial charge on any atom is 1.00 e. The number of hydrogen-bond acceptors (Lipinski definition) is 5. The Balaban J connectivity index is 0.00000196.